The Balaban J connectivity index is 1.89. The Bertz CT molecular complexity index is 1060. The van der Waals surface area contributed by atoms with E-state index in [0.717, 1.165) is 36.2 Å². The van der Waals surface area contributed by atoms with Crippen molar-refractivity contribution >= 4 is 21.6 Å². The minimum absolute atomic E-state index is 0.0235. The summed E-state index contributed by atoms with van der Waals surface area (Å²) in [5.41, 5.74) is 3.12. The van der Waals surface area contributed by atoms with Crippen LogP contribution in [0.1, 0.15) is 46.6 Å². The number of rotatable bonds is 9. The summed E-state index contributed by atoms with van der Waals surface area (Å²) in [7, 11) is -4.08. The second-order valence-electron chi connectivity index (χ2n) is 9.34. The first-order valence-corrected chi connectivity index (χ1v) is 11.5. The highest BCUT2D eigenvalue weighted by Gasteiger charge is 2.27. The molecule has 0 aliphatic rings. The SMILES string of the molecule is CC(C)(C)CC(C)(C)c1ccc(OCC(=O)NNS(=O)(=O)c2ccc([N+](=O)[O-])cc2)cc1. The zero-order chi connectivity index (χ0) is 24.2. The molecule has 0 spiro atoms. The molecule has 10 heteroatoms. The van der Waals surface area contributed by atoms with Gasteiger partial charge in [0.25, 0.3) is 21.6 Å². The summed E-state index contributed by atoms with van der Waals surface area (Å²) in [6.07, 6.45) is 0.998. The molecule has 32 heavy (non-hydrogen) atoms. The van der Waals surface area contributed by atoms with Crippen LogP contribution < -0.4 is 15.0 Å². The molecule has 0 aliphatic heterocycles. The van der Waals surface area contributed by atoms with Crippen molar-refractivity contribution in [2.75, 3.05) is 6.61 Å². The first-order valence-electron chi connectivity index (χ1n) is 9.98. The van der Waals surface area contributed by atoms with Crippen LogP contribution in [0.15, 0.2) is 53.4 Å². The summed E-state index contributed by atoms with van der Waals surface area (Å²) in [6, 6.07) is 11.7. The Morgan fingerprint density at radius 3 is 2.06 bits per heavy atom. The van der Waals surface area contributed by atoms with Crippen LogP contribution in [0.5, 0.6) is 5.75 Å². The van der Waals surface area contributed by atoms with Gasteiger partial charge in [-0.3, -0.25) is 20.3 Å². The second kappa shape index (κ2) is 9.66. The minimum atomic E-state index is -4.08. The molecular weight excluding hydrogens is 434 g/mol. The summed E-state index contributed by atoms with van der Waals surface area (Å²) < 4.78 is 29.8. The number of hydrogen-bond acceptors (Lipinski definition) is 6. The van der Waals surface area contributed by atoms with Crippen molar-refractivity contribution in [1.82, 2.24) is 10.3 Å². The van der Waals surface area contributed by atoms with E-state index in [-0.39, 0.29) is 21.4 Å². The lowest BCUT2D eigenvalue weighted by molar-refractivity contribution is -0.384. The Morgan fingerprint density at radius 2 is 1.56 bits per heavy atom. The summed E-state index contributed by atoms with van der Waals surface area (Å²) in [5.74, 6) is -0.221. The molecule has 0 aromatic heterocycles. The number of nitrogens with zero attached hydrogens (tertiary/aromatic N) is 1. The van der Waals surface area contributed by atoms with E-state index >= 15 is 0 Å². The van der Waals surface area contributed by atoms with Crippen LogP contribution in [0.3, 0.4) is 0 Å². The monoisotopic (exact) mass is 463 g/mol. The van der Waals surface area contributed by atoms with Crippen molar-refractivity contribution in [2.24, 2.45) is 5.41 Å². The maximum absolute atomic E-state index is 12.2. The Hall–Kier alpha value is -2.98. The molecule has 9 nitrogen and oxygen atoms in total. The van der Waals surface area contributed by atoms with Crippen molar-refractivity contribution < 1.29 is 22.9 Å². The molecule has 1 amide bonds. The number of benzene rings is 2. The molecule has 0 bridgehead atoms. The normalized spacial score (nSPS) is 12.3. The fourth-order valence-electron chi connectivity index (χ4n) is 3.55. The third-order valence-electron chi connectivity index (χ3n) is 4.66. The Morgan fingerprint density at radius 1 is 1.00 bits per heavy atom. The molecule has 2 N–H and O–H groups in total. The lowest BCUT2D eigenvalue weighted by Gasteiger charge is -2.33. The summed E-state index contributed by atoms with van der Waals surface area (Å²) in [6.45, 7) is 10.5. The maximum atomic E-state index is 12.2. The molecule has 174 valence electrons. The molecule has 0 unspecified atom stereocenters. The number of carbonyl (C=O) groups excluding carboxylic acids is 1. The molecule has 0 atom stereocenters. The fourth-order valence-corrected chi connectivity index (χ4v) is 4.41. The number of hydrazine groups is 1. The number of sulfonamides is 1. The van der Waals surface area contributed by atoms with E-state index in [2.05, 4.69) is 40.0 Å². The van der Waals surface area contributed by atoms with Gasteiger partial charge in [-0.05, 0) is 47.1 Å². The molecule has 2 aromatic carbocycles. The molecule has 0 saturated carbocycles. The van der Waals surface area contributed by atoms with E-state index in [9.17, 15) is 23.3 Å². The molecule has 0 radical (unpaired) electrons. The predicted molar refractivity (Wildman–Crippen MR) is 121 cm³/mol. The Kier molecular flexibility index (Phi) is 7.63. The van der Waals surface area contributed by atoms with E-state index in [0.29, 0.717) is 5.75 Å². The van der Waals surface area contributed by atoms with Gasteiger partial charge in [-0.2, -0.15) is 0 Å². The zero-order valence-electron chi connectivity index (χ0n) is 18.8. The van der Waals surface area contributed by atoms with Crippen LogP contribution in [0.25, 0.3) is 0 Å². The smallest absolute Gasteiger partial charge is 0.272 e. The molecule has 0 aliphatic carbocycles. The van der Waals surface area contributed by atoms with E-state index in [4.69, 9.17) is 4.74 Å². The van der Waals surface area contributed by atoms with Crippen molar-refractivity contribution in [3.8, 4) is 5.75 Å². The van der Waals surface area contributed by atoms with Crippen molar-refractivity contribution in [2.45, 2.75) is 51.3 Å². The topological polar surface area (TPSA) is 128 Å². The highest BCUT2D eigenvalue weighted by atomic mass is 32.2. The van der Waals surface area contributed by atoms with Gasteiger partial charge in [-0.15, -0.1) is 4.83 Å². The summed E-state index contributed by atoms with van der Waals surface area (Å²) >= 11 is 0. The first-order chi connectivity index (χ1) is 14.7. The first kappa shape index (κ1) is 25.3. The Labute approximate surface area is 188 Å². The van der Waals surface area contributed by atoms with E-state index in [1.165, 1.54) is 0 Å². The van der Waals surface area contributed by atoms with Crippen LogP contribution in [-0.2, 0) is 20.2 Å². The van der Waals surface area contributed by atoms with Gasteiger partial charge in [0.1, 0.15) is 5.75 Å². The quantitative estimate of drug-likeness (QED) is 0.431. The number of hydrogen-bond donors (Lipinski definition) is 2. The standard InChI is InChI=1S/C22H29N3O6S/c1-21(2,3)15-22(4,5)16-6-10-18(11-7-16)31-14-20(26)23-24-32(29,30)19-12-8-17(9-13-19)25(27)28/h6-13,24H,14-15H2,1-5H3,(H,23,26). The fraction of sp³-hybridized carbons (Fsp3) is 0.409. The molecular formula is C22H29N3O6S. The number of carbonyl (C=O) groups is 1. The molecule has 0 heterocycles. The number of ether oxygens (including phenoxy) is 1. The number of nitrogens with one attached hydrogen (secondary N) is 2. The van der Waals surface area contributed by atoms with Gasteiger partial charge in [0.15, 0.2) is 6.61 Å². The predicted octanol–water partition coefficient (Wildman–Crippen LogP) is 3.70. The third-order valence-corrected chi connectivity index (χ3v) is 5.92. The number of non-ortho nitro benzene ring substituents is 1. The van der Waals surface area contributed by atoms with Gasteiger partial charge >= 0.3 is 0 Å². The maximum Gasteiger partial charge on any atom is 0.272 e. The van der Waals surface area contributed by atoms with Crippen LogP contribution in [0, 0.1) is 15.5 Å². The molecule has 0 fully saturated rings. The van der Waals surface area contributed by atoms with E-state index < -0.39 is 27.5 Å². The van der Waals surface area contributed by atoms with Gasteiger partial charge in [-0.25, -0.2) is 8.42 Å². The largest absolute Gasteiger partial charge is 0.484 e. The van der Waals surface area contributed by atoms with Gasteiger partial charge in [-0.1, -0.05) is 46.8 Å². The summed E-state index contributed by atoms with van der Waals surface area (Å²) in [5, 5.41) is 10.7. The highest BCUT2D eigenvalue weighted by molar-refractivity contribution is 7.89. The zero-order valence-corrected chi connectivity index (χ0v) is 19.7. The van der Waals surface area contributed by atoms with Crippen LogP contribution in [-0.4, -0.2) is 25.9 Å². The number of nitro benzene ring substituents is 1. The van der Waals surface area contributed by atoms with Crippen molar-refractivity contribution in [3.63, 3.8) is 0 Å². The number of nitro groups is 1. The third kappa shape index (κ3) is 7.31. The van der Waals surface area contributed by atoms with Crippen LogP contribution in [0.2, 0.25) is 0 Å². The minimum Gasteiger partial charge on any atom is -0.484 e. The molecule has 2 aromatic rings. The lowest BCUT2D eigenvalue weighted by atomic mass is 9.72. The lowest BCUT2D eigenvalue weighted by Crippen LogP contribution is -2.43. The van der Waals surface area contributed by atoms with Crippen LogP contribution >= 0.6 is 0 Å². The second-order valence-corrected chi connectivity index (χ2v) is 11.0. The van der Waals surface area contributed by atoms with Gasteiger partial charge < -0.3 is 4.74 Å². The average molecular weight is 464 g/mol. The van der Waals surface area contributed by atoms with Gasteiger partial charge in [0.2, 0.25) is 0 Å². The van der Waals surface area contributed by atoms with Crippen LogP contribution in [0.4, 0.5) is 5.69 Å². The molecule has 2 rings (SSSR count). The number of amides is 1. The van der Waals surface area contributed by atoms with Crippen molar-refractivity contribution in [3.05, 3.63) is 64.2 Å². The highest BCUT2D eigenvalue weighted by Crippen LogP contribution is 2.36. The van der Waals surface area contributed by atoms with E-state index in [1.54, 1.807) is 12.1 Å². The van der Waals surface area contributed by atoms with E-state index in [1.807, 2.05) is 17.0 Å². The van der Waals surface area contributed by atoms with Gasteiger partial charge in [0.05, 0.1) is 9.82 Å². The average Bonchev–Trinajstić information content (AvgIpc) is 2.69. The summed E-state index contributed by atoms with van der Waals surface area (Å²) in [4.78, 5) is 23.7. The van der Waals surface area contributed by atoms with Crippen molar-refractivity contribution in [1.29, 1.82) is 0 Å². The molecule has 0 saturated heterocycles. The van der Waals surface area contributed by atoms with Gasteiger partial charge in [0, 0.05) is 12.1 Å².